The average Bonchev–Trinajstić information content (AvgIpc) is 2.54. The van der Waals surface area contributed by atoms with Gasteiger partial charge in [-0.15, -0.1) is 0 Å². The van der Waals surface area contributed by atoms with Gasteiger partial charge >= 0.3 is 6.09 Å². The second kappa shape index (κ2) is 8.99. The van der Waals surface area contributed by atoms with Crippen LogP contribution in [-0.4, -0.2) is 41.5 Å². The lowest BCUT2D eigenvalue weighted by Crippen LogP contribution is -2.46. The number of nitrogens with zero attached hydrogens (tertiary/aromatic N) is 1. The molecule has 2 atom stereocenters. The Labute approximate surface area is 156 Å². The number of ether oxygens (including phenoxy) is 1. The number of carbonyl (C=O) groups excluding carboxylic acids is 2. The SMILES string of the molecule is C/C=C/C(CN1CC(=O)CCC1c1ccccc1)OC(=O)NC(C)(C)C. The highest BCUT2D eigenvalue weighted by atomic mass is 16.6. The van der Waals surface area contributed by atoms with E-state index in [1.54, 1.807) is 0 Å². The molecule has 1 aromatic carbocycles. The first-order chi connectivity index (χ1) is 12.3. The highest BCUT2D eigenvalue weighted by Crippen LogP contribution is 2.30. The molecule has 2 rings (SSSR count). The second-order valence-electron chi connectivity index (χ2n) is 7.78. The van der Waals surface area contributed by atoms with Gasteiger partial charge in [-0.05, 0) is 45.8 Å². The molecule has 0 bridgehead atoms. The van der Waals surface area contributed by atoms with Gasteiger partial charge in [0.25, 0.3) is 0 Å². The molecule has 1 amide bonds. The van der Waals surface area contributed by atoms with E-state index in [4.69, 9.17) is 4.74 Å². The van der Waals surface area contributed by atoms with Crippen LogP contribution in [-0.2, 0) is 9.53 Å². The van der Waals surface area contributed by atoms with Gasteiger partial charge in [-0.1, -0.05) is 36.4 Å². The Kier molecular flexibility index (Phi) is 6.98. The molecule has 1 fully saturated rings. The lowest BCUT2D eigenvalue weighted by molar-refractivity contribution is -0.124. The van der Waals surface area contributed by atoms with Crippen molar-refractivity contribution in [3.63, 3.8) is 0 Å². The van der Waals surface area contributed by atoms with Crippen molar-refractivity contribution in [2.24, 2.45) is 0 Å². The Hall–Kier alpha value is -2.14. The molecular formula is C21H30N2O3. The van der Waals surface area contributed by atoms with E-state index >= 15 is 0 Å². The maximum absolute atomic E-state index is 12.1. The van der Waals surface area contributed by atoms with E-state index in [0.717, 1.165) is 6.42 Å². The molecule has 0 radical (unpaired) electrons. The van der Waals surface area contributed by atoms with Crippen molar-refractivity contribution in [3.05, 3.63) is 48.0 Å². The van der Waals surface area contributed by atoms with Crippen LogP contribution >= 0.6 is 0 Å². The van der Waals surface area contributed by atoms with E-state index in [-0.39, 0.29) is 17.4 Å². The summed E-state index contributed by atoms with van der Waals surface area (Å²) >= 11 is 0. The number of hydrogen-bond acceptors (Lipinski definition) is 4. The minimum absolute atomic E-state index is 0.163. The number of rotatable bonds is 5. The molecule has 1 aliphatic rings. The number of amides is 1. The van der Waals surface area contributed by atoms with E-state index in [0.29, 0.717) is 19.5 Å². The van der Waals surface area contributed by atoms with E-state index in [1.807, 2.05) is 58.0 Å². The molecule has 5 nitrogen and oxygen atoms in total. The Bertz CT molecular complexity index is 634. The molecular weight excluding hydrogens is 328 g/mol. The van der Waals surface area contributed by atoms with Gasteiger partial charge in [-0.3, -0.25) is 9.69 Å². The number of allylic oxidation sites excluding steroid dienone is 1. The van der Waals surface area contributed by atoms with Crippen LogP contribution in [0.2, 0.25) is 0 Å². The van der Waals surface area contributed by atoms with Crippen molar-refractivity contribution >= 4 is 11.9 Å². The minimum atomic E-state index is -0.444. The number of hydrogen-bond donors (Lipinski definition) is 1. The zero-order valence-electron chi connectivity index (χ0n) is 16.2. The van der Waals surface area contributed by atoms with Gasteiger partial charge < -0.3 is 10.1 Å². The Morgan fingerprint density at radius 1 is 1.35 bits per heavy atom. The van der Waals surface area contributed by atoms with Crippen molar-refractivity contribution in [2.75, 3.05) is 13.1 Å². The fourth-order valence-electron chi connectivity index (χ4n) is 3.20. The largest absolute Gasteiger partial charge is 0.441 e. The summed E-state index contributed by atoms with van der Waals surface area (Å²) in [6, 6.07) is 10.4. The van der Waals surface area contributed by atoms with Gasteiger partial charge in [0.15, 0.2) is 0 Å². The number of ketones is 1. The molecule has 1 N–H and O–H groups in total. The smallest absolute Gasteiger partial charge is 0.408 e. The van der Waals surface area contributed by atoms with Crippen LogP contribution < -0.4 is 5.32 Å². The lowest BCUT2D eigenvalue weighted by Gasteiger charge is -2.36. The molecule has 2 unspecified atom stereocenters. The fourth-order valence-corrected chi connectivity index (χ4v) is 3.20. The summed E-state index contributed by atoms with van der Waals surface area (Å²) < 4.78 is 5.60. The number of benzene rings is 1. The van der Waals surface area contributed by atoms with Crippen molar-refractivity contribution in [1.82, 2.24) is 10.2 Å². The molecule has 0 aliphatic carbocycles. The predicted octanol–water partition coefficient (Wildman–Crippen LogP) is 3.86. The fraction of sp³-hybridized carbons (Fsp3) is 0.524. The molecule has 1 aliphatic heterocycles. The van der Waals surface area contributed by atoms with Gasteiger partial charge in [0.2, 0.25) is 0 Å². The number of carbonyl (C=O) groups is 2. The zero-order chi connectivity index (χ0) is 19.2. The van der Waals surface area contributed by atoms with Crippen LogP contribution in [0, 0.1) is 0 Å². The van der Waals surface area contributed by atoms with Crippen LogP contribution in [0.3, 0.4) is 0 Å². The molecule has 1 heterocycles. The van der Waals surface area contributed by atoms with Crippen LogP contribution in [0.4, 0.5) is 4.79 Å². The monoisotopic (exact) mass is 358 g/mol. The quantitative estimate of drug-likeness (QED) is 0.812. The van der Waals surface area contributed by atoms with Crippen molar-refractivity contribution < 1.29 is 14.3 Å². The third-order valence-electron chi connectivity index (χ3n) is 4.26. The van der Waals surface area contributed by atoms with Gasteiger partial charge in [0.05, 0.1) is 6.54 Å². The number of Topliss-reactive ketones (excluding diaryl/α,β-unsaturated/α-hetero) is 1. The average molecular weight is 358 g/mol. The molecule has 142 valence electrons. The first-order valence-corrected chi connectivity index (χ1v) is 9.21. The number of likely N-dealkylation sites (tertiary alicyclic amines) is 1. The Morgan fingerprint density at radius 3 is 2.65 bits per heavy atom. The van der Waals surface area contributed by atoms with Crippen molar-refractivity contribution in [2.45, 2.75) is 58.2 Å². The van der Waals surface area contributed by atoms with Gasteiger partial charge in [0, 0.05) is 24.5 Å². The molecule has 26 heavy (non-hydrogen) atoms. The summed E-state index contributed by atoms with van der Waals surface area (Å²) in [5.74, 6) is 0.232. The molecule has 1 aromatic rings. The minimum Gasteiger partial charge on any atom is -0.441 e. The molecule has 5 heteroatoms. The number of nitrogens with one attached hydrogen (secondary N) is 1. The summed E-state index contributed by atoms with van der Waals surface area (Å²) in [6.45, 7) is 8.51. The van der Waals surface area contributed by atoms with E-state index in [1.165, 1.54) is 5.56 Å². The highest BCUT2D eigenvalue weighted by molar-refractivity contribution is 5.81. The first-order valence-electron chi connectivity index (χ1n) is 9.21. The van der Waals surface area contributed by atoms with E-state index in [2.05, 4.69) is 22.3 Å². The summed E-state index contributed by atoms with van der Waals surface area (Å²) in [7, 11) is 0. The topological polar surface area (TPSA) is 58.6 Å². The van der Waals surface area contributed by atoms with Crippen LogP contribution in [0.5, 0.6) is 0 Å². The van der Waals surface area contributed by atoms with Crippen molar-refractivity contribution in [1.29, 1.82) is 0 Å². The Morgan fingerprint density at radius 2 is 2.04 bits per heavy atom. The van der Waals surface area contributed by atoms with E-state index in [9.17, 15) is 9.59 Å². The molecule has 0 saturated carbocycles. The second-order valence-corrected chi connectivity index (χ2v) is 7.78. The van der Waals surface area contributed by atoms with E-state index < -0.39 is 12.2 Å². The third kappa shape index (κ3) is 6.30. The Balaban J connectivity index is 2.10. The summed E-state index contributed by atoms with van der Waals surface area (Å²) in [5.41, 5.74) is 0.837. The zero-order valence-corrected chi connectivity index (χ0v) is 16.2. The third-order valence-corrected chi connectivity index (χ3v) is 4.26. The number of alkyl carbamates (subject to hydrolysis) is 1. The van der Waals surface area contributed by atoms with Crippen molar-refractivity contribution in [3.8, 4) is 0 Å². The summed E-state index contributed by atoms with van der Waals surface area (Å²) in [4.78, 5) is 26.3. The molecule has 0 aromatic heterocycles. The van der Waals surface area contributed by atoms with Crippen LogP contribution in [0.25, 0.3) is 0 Å². The van der Waals surface area contributed by atoms with Crippen LogP contribution in [0.15, 0.2) is 42.5 Å². The highest BCUT2D eigenvalue weighted by Gasteiger charge is 2.30. The van der Waals surface area contributed by atoms with Gasteiger partial charge in [0.1, 0.15) is 11.9 Å². The lowest BCUT2D eigenvalue weighted by atomic mass is 9.94. The predicted molar refractivity (Wildman–Crippen MR) is 103 cm³/mol. The number of piperidine rings is 1. The summed E-state index contributed by atoms with van der Waals surface area (Å²) in [6.07, 6.45) is 4.27. The first kappa shape index (κ1) is 20.2. The van der Waals surface area contributed by atoms with Gasteiger partial charge in [-0.25, -0.2) is 4.79 Å². The van der Waals surface area contributed by atoms with Crippen LogP contribution in [0.1, 0.15) is 52.1 Å². The standard InChI is InChI=1S/C21H30N2O3/c1-5-9-18(26-20(25)22-21(2,3)4)15-23-14-17(24)12-13-19(23)16-10-7-6-8-11-16/h5-11,18-19H,12-15H2,1-4H3,(H,22,25)/b9-5+. The molecule has 1 saturated heterocycles. The van der Waals surface area contributed by atoms with Gasteiger partial charge in [-0.2, -0.15) is 0 Å². The molecule has 0 spiro atoms. The maximum atomic E-state index is 12.1. The normalized spacial score (nSPS) is 20.2. The summed E-state index contributed by atoms with van der Waals surface area (Å²) in [5, 5.41) is 2.82. The maximum Gasteiger partial charge on any atom is 0.408 e.